The van der Waals surface area contributed by atoms with Gasteiger partial charge in [0.15, 0.2) is 0 Å². The van der Waals surface area contributed by atoms with Gasteiger partial charge in [-0.3, -0.25) is 0 Å². The molecule has 0 bridgehead atoms. The molecule has 0 aliphatic rings. The molecule has 0 aromatic heterocycles. The largest absolute Gasteiger partial charge is 0.329 e. The molecule has 2 heteroatoms. The first-order chi connectivity index (χ1) is 6.63. The highest BCUT2D eigenvalue weighted by molar-refractivity contribution is 7.99. The number of hydrogen-bond acceptors (Lipinski definition) is 2. The molecule has 0 spiro atoms. The molecular weight excluding hydrogens is 190 g/mol. The van der Waals surface area contributed by atoms with Crippen LogP contribution in [0.3, 0.4) is 0 Å². The van der Waals surface area contributed by atoms with Gasteiger partial charge in [0.25, 0.3) is 0 Å². The molecule has 78 valence electrons. The maximum atomic E-state index is 5.57. The molecule has 1 unspecified atom stereocenters. The van der Waals surface area contributed by atoms with Crippen LogP contribution in [0.25, 0.3) is 0 Å². The van der Waals surface area contributed by atoms with Crippen LogP contribution >= 0.6 is 11.8 Å². The van der Waals surface area contributed by atoms with Gasteiger partial charge < -0.3 is 5.73 Å². The molecule has 0 heterocycles. The van der Waals surface area contributed by atoms with E-state index in [4.69, 9.17) is 5.73 Å². The lowest BCUT2D eigenvalue weighted by Crippen LogP contribution is -2.12. The van der Waals surface area contributed by atoms with Crippen LogP contribution in [0.1, 0.15) is 23.6 Å². The molecule has 0 radical (unpaired) electrons. The molecule has 1 aromatic carbocycles. The van der Waals surface area contributed by atoms with E-state index in [9.17, 15) is 0 Å². The van der Waals surface area contributed by atoms with Crippen molar-refractivity contribution in [2.45, 2.75) is 31.8 Å². The minimum absolute atomic E-state index is 0.552. The first-order valence-corrected chi connectivity index (χ1v) is 6.06. The zero-order chi connectivity index (χ0) is 10.6. The Hall–Kier alpha value is -0.470. The molecule has 14 heavy (non-hydrogen) atoms. The molecular formula is C12H19NS. The number of rotatable bonds is 4. The predicted octanol–water partition coefficient (Wildman–Crippen LogP) is 2.88. The molecule has 0 amide bonds. The second-order valence-electron chi connectivity index (χ2n) is 3.78. The maximum absolute atomic E-state index is 5.57. The lowest BCUT2D eigenvalue weighted by atomic mass is 10.1. The molecule has 0 saturated carbocycles. The van der Waals surface area contributed by atoms with Gasteiger partial charge in [-0.2, -0.15) is 11.8 Å². The van der Waals surface area contributed by atoms with Gasteiger partial charge in [-0.15, -0.1) is 0 Å². The summed E-state index contributed by atoms with van der Waals surface area (Å²) in [5.41, 5.74) is 9.72. The van der Waals surface area contributed by atoms with Gasteiger partial charge in [0.05, 0.1) is 0 Å². The van der Waals surface area contributed by atoms with Gasteiger partial charge in [0.1, 0.15) is 0 Å². The average Bonchev–Trinajstić information content (AvgIpc) is 2.19. The molecule has 2 N–H and O–H groups in total. The number of hydrogen-bond donors (Lipinski definition) is 1. The van der Waals surface area contributed by atoms with E-state index < -0.39 is 0 Å². The summed E-state index contributed by atoms with van der Waals surface area (Å²) in [4.78, 5) is 0. The summed E-state index contributed by atoms with van der Waals surface area (Å²) in [6.45, 7) is 7.24. The third-order valence-electron chi connectivity index (χ3n) is 2.44. The van der Waals surface area contributed by atoms with E-state index in [2.05, 4.69) is 39.0 Å². The zero-order valence-corrected chi connectivity index (χ0v) is 10.0. The second-order valence-corrected chi connectivity index (χ2v) is 5.20. The van der Waals surface area contributed by atoms with Gasteiger partial charge in [-0.05, 0) is 30.5 Å². The second kappa shape index (κ2) is 5.42. The van der Waals surface area contributed by atoms with Crippen molar-refractivity contribution < 1.29 is 0 Å². The van der Waals surface area contributed by atoms with E-state index in [1.165, 1.54) is 16.7 Å². The highest BCUT2D eigenvalue weighted by Crippen LogP contribution is 2.18. The van der Waals surface area contributed by atoms with Crippen LogP contribution in [0, 0.1) is 13.8 Å². The molecule has 0 fully saturated rings. The van der Waals surface area contributed by atoms with E-state index in [1.807, 2.05) is 11.8 Å². The van der Waals surface area contributed by atoms with E-state index in [1.54, 1.807) is 0 Å². The predicted molar refractivity (Wildman–Crippen MR) is 65.7 cm³/mol. The lowest BCUT2D eigenvalue weighted by Gasteiger charge is -2.09. The van der Waals surface area contributed by atoms with Crippen molar-refractivity contribution in [1.29, 1.82) is 0 Å². The van der Waals surface area contributed by atoms with Crippen molar-refractivity contribution in [2.75, 3.05) is 6.54 Å². The monoisotopic (exact) mass is 209 g/mol. The molecule has 1 atom stereocenters. The summed E-state index contributed by atoms with van der Waals surface area (Å²) in [5, 5.41) is 0.552. The number of benzene rings is 1. The van der Waals surface area contributed by atoms with Crippen LogP contribution in [0.4, 0.5) is 0 Å². The molecule has 0 aliphatic carbocycles. The molecule has 1 nitrogen and oxygen atoms in total. The van der Waals surface area contributed by atoms with Gasteiger partial charge in [-0.1, -0.05) is 25.1 Å². The summed E-state index contributed by atoms with van der Waals surface area (Å²) in [5.74, 6) is 1.07. The Morgan fingerprint density at radius 1 is 1.29 bits per heavy atom. The van der Waals surface area contributed by atoms with Gasteiger partial charge in [0, 0.05) is 17.5 Å². The van der Waals surface area contributed by atoms with Crippen LogP contribution in [-0.4, -0.2) is 11.8 Å². The molecule has 0 saturated heterocycles. The summed E-state index contributed by atoms with van der Waals surface area (Å²) < 4.78 is 0. The highest BCUT2D eigenvalue weighted by atomic mass is 32.2. The minimum Gasteiger partial charge on any atom is -0.329 e. The van der Waals surface area contributed by atoms with Crippen molar-refractivity contribution in [1.82, 2.24) is 0 Å². The molecule has 1 aromatic rings. The fourth-order valence-electron chi connectivity index (χ4n) is 1.20. The standard InChI is InChI=1S/C12H19NS/c1-9-4-5-12(6-10(9)2)8-14-11(3)7-13/h4-6,11H,7-8,13H2,1-3H3. The first-order valence-electron chi connectivity index (χ1n) is 5.01. The Labute approximate surface area is 91.1 Å². The Morgan fingerprint density at radius 3 is 2.57 bits per heavy atom. The molecule has 1 rings (SSSR count). The number of thioether (sulfide) groups is 1. The van der Waals surface area contributed by atoms with Crippen LogP contribution in [0.5, 0.6) is 0 Å². The van der Waals surface area contributed by atoms with Crippen molar-refractivity contribution >= 4 is 11.8 Å². The van der Waals surface area contributed by atoms with Crippen LogP contribution in [-0.2, 0) is 5.75 Å². The van der Waals surface area contributed by atoms with Crippen molar-refractivity contribution in [3.63, 3.8) is 0 Å². The Morgan fingerprint density at radius 2 is 2.00 bits per heavy atom. The summed E-state index contributed by atoms with van der Waals surface area (Å²) >= 11 is 1.92. The Kier molecular flexibility index (Phi) is 4.49. The van der Waals surface area contributed by atoms with Gasteiger partial charge in [-0.25, -0.2) is 0 Å². The highest BCUT2D eigenvalue weighted by Gasteiger charge is 2.01. The zero-order valence-electron chi connectivity index (χ0n) is 9.21. The fraction of sp³-hybridized carbons (Fsp3) is 0.500. The average molecular weight is 209 g/mol. The summed E-state index contributed by atoms with van der Waals surface area (Å²) in [6.07, 6.45) is 0. The quantitative estimate of drug-likeness (QED) is 0.825. The summed E-state index contributed by atoms with van der Waals surface area (Å²) in [6, 6.07) is 6.67. The fourth-order valence-corrected chi connectivity index (χ4v) is 1.99. The number of nitrogens with two attached hydrogens (primary N) is 1. The van der Waals surface area contributed by atoms with Crippen molar-refractivity contribution in [3.05, 3.63) is 34.9 Å². The van der Waals surface area contributed by atoms with Crippen molar-refractivity contribution in [3.8, 4) is 0 Å². The maximum Gasteiger partial charge on any atom is 0.0187 e. The van der Waals surface area contributed by atoms with E-state index in [-0.39, 0.29) is 0 Å². The van der Waals surface area contributed by atoms with Crippen LogP contribution in [0.15, 0.2) is 18.2 Å². The third-order valence-corrected chi connectivity index (χ3v) is 3.70. The van der Waals surface area contributed by atoms with Gasteiger partial charge in [0.2, 0.25) is 0 Å². The van der Waals surface area contributed by atoms with E-state index in [0.29, 0.717) is 5.25 Å². The topological polar surface area (TPSA) is 26.0 Å². The van der Waals surface area contributed by atoms with Crippen LogP contribution < -0.4 is 5.73 Å². The normalized spacial score (nSPS) is 12.9. The Bertz CT molecular complexity index is 296. The van der Waals surface area contributed by atoms with Crippen molar-refractivity contribution in [2.24, 2.45) is 5.73 Å². The van der Waals surface area contributed by atoms with Crippen LogP contribution in [0.2, 0.25) is 0 Å². The summed E-state index contributed by atoms with van der Waals surface area (Å²) in [7, 11) is 0. The van der Waals surface area contributed by atoms with Gasteiger partial charge >= 0.3 is 0 Å². The number of aryl methyl sites for hydroxylation is 2. The molecule has 0 aliphatic heterocycles. The van der Waals surface area contributed by atoms with E-state index in [0.717, 1.165) is 12.3 Å². The van der Waals surface area contributed by atoms with E-state index >= 15 is 0 Å². The Balaban J connectivity index is 2.55. The smallest absolute Gasteiger partial charge is 0.0187 e. The lowest BCUT2D eigenvalue weighted by molar-refractivity contribution is 0.950. The SMILES string of the molecule is Cc1ccc(CSC(C)CN)cc1C. The third kappa shape index (κ3) is 3.35. The minimum atomic E-state index is 0.552. The first kappa shape index (κ1) is 11.6.